The van der Waals surface area contributed by atoms with E-state index >= 15 is 0 Å². The van der Waals surface area contributed by atoms with Crippen LogP contribution in [0.4, 0.5) is 0 Å². The van der Waals surface area contributed by atoms with Gasteiger partial charge in [-0.15, -0.1) is 0 Å². The van der Waals surface area contributed by atoms with Crippen molar-refractivity contribution in [3.63, 3.8) is 0 Å². The molecule has 1 N–H and O–H groups in total. The van der Waals surface area contributed by atoms with E-state index in [0.717, 1.165) is 30.9 Å². The van der Waals surface area contributed by atoms with Crippen LogP contribution in [0.15, 0.2) is 97.1 Å². The van der Waals surface area contributed by atoms with Crippen molar-refractivity contribution in [1.29, 1.82) is 0 Å². The largest absolute Gasteiger partial charge is 0.494 e. The average Bonchev–Trinajstić information content (AvgIpc) is 3.31. The van der Waals surface area contributed by atoms with Gasteiger partial charge in [0.15, 0.2) is 0 Å². The second kappa shape index (κ2) is 13.6. The normalized spacial score (nSPS) is 13.1. The van der Waals surface area contributed by atoms with E-state index in [0.29, 0.717) is 33.0 Å². The lowest BCUT2D eigenvalue weighted by Crippen LogP contribution is -2.28. The summed E-state index contributed by atoms with van der Waals surface area (Å²) in [4.78, 5) is 0. The smallest absolute Gasteiger partial charge is 0.119 e. The molecular formula is C35H38O5. The van der Waals surface area contributed by atoms with Gasteiger partial charge < -0.3 is 24.1 Å². The zero-order valence-corrected chi connectivity index (χ0v) is 23.2. The summed E-state index contributed by atoms with van der Waals surface area (Å²) in [5, 5.41) is 8.76. The van der Waals surface area contributed by atoms with Gasteiger partial charge in [-0.2, -0.15) is 0 Å². The molecule has 0 unspecified atom stereocenters. The Balaban J connectivity index is 1.43. The molecule has 4 aromatic carbocycles. The van der Waals surface area contributed by atoms with Gasteiger partial charge in [0.25, 0.3) is 0 Å². The molecule has 0 saturated carbocycles. The zero-order valence-electron chi connectivity index (χ0n) is 23.2. The Morgan fingerprint density at radius 1 is 0.550 bits per heavy atom. The molecule has 0 fully saturated rings. The van der Waals surface area contributed by atoms with Gasteiger partial charge in [0.05, 0.1) is 45.1 Å². The van der Waals surface area contributed by atoms with Crippen LogP contribution < -0.4 is 9.47 Å². The minimum atomic E-state index is -0.453. The van der Waals surface area contributed by atoms with Crippen LogP contribution in [-0.4, -0.2) is 51.4 Å². The lowest BCUT2D eigenvalue weighted by molar-refractivity contribution is 0.0247. The van der Waals surface area contributed by atoms with Crippen LogP contribution in [-0.2, 0) is 14.9 Å². The molecule has 0 saturated heterocycles. The first kappa shape index (κ1) is 27.9. The first-order valence-electron chi connectivity index (χ1n) is 14.2. The van der Waals surface area contributed by atoms with Crippen LogP contribution in [0, 0.1) is 0 Å². The summed E-state index contributed by atoms with van der Waals surface area (Å²) in [5.41, 5.74) is 7.03. The number of hydrogen-bond acceptors (Lipinski definition) is 5. The van der Waals surface area contributed by atoms with Crippen molar-refractivity contribution >= 4 is 0 Å². The first-order valence-corrected chi connectivity index (χ1v) is 14.2. The topological polar surface area (TPSA) is 57.2 Å². The molecule has 1 aliphatic carbocycles. The third-order valence-electron chi connectivity index (χ3n) is 7.40. The first-order chi connectivity index (χ1) is 19.8. The number of aliphatic hydroxyl groups excluding tert-OH is 1. The molecule has 5 rings (SSSR count). The molecular weight excluding hydrogens is 500 g/mol. The third-order valence-corrected chi connectivity index (χ3v) is 7.40. The van der Waals surface area contributed by atoms with E-state index < -0.39 is 5.41 Å². The molecule has 0 atom stereocenters. The lowest BCUT2D eigenvalue weighted by atomic mass is 9.68. The summed E-state index contributed by atoms with van der Waals surface area (Å²) in [7, 11) is 0. The fourth-order valence-electron chi connectivity index (χ4n) is 5.57. The van der Waals surface area contributed by atoms with Crippen LogP contribution in [0.2, 0.25) is 0 Å². The fourth-order valence-corrected chi connectivity index (χ4v) is 5.57. The SMILES string of the molecule is CCCCOc1ccc(C2(c3ccc(OCCOCCOCCO)cc3)c3ccccc3-c3ccccc32)cc1. The molecule has 0 aliphatic heterocycles. The third kappa shape index (κ3) is 5.78. The summed E-state index contributed by atoms with van der Waals surface area (Å²) in [6.07, 6.45) is 2.16. The summed E-state index contributed by atoms with van der Waals surface area (Å²) < 4.78 is 22.7. The highest BCUT2D eigenvalue weighted by atomic mass is 16.5. The summed E-state index contributed by atoms with van der Waals surface area (Å²) in [6, 6.07) is 34.6. The number of hydrogen-bond donors (Lipinski definition) is 1. The van der Waals surface area contributed by atoms with E-state index in [2.05, 4.69) is 91.9 Å². The predicted octanol–water partition coefficient (Wildman–Crippen LogP) is 6.63. The predicted molar refractivity (Wildman–Crippen MR) is 158 cm³/mol. The maximum Gasteiger partial charge on any atom is 0.119 e. The van der Waals surface area contributed by atoms with Crippen LogP contribution in [0.3, 0.4) is 0 Å². The van der Waals surface area contributed by atoms with Crippen molar-refractivity contribution in [3.8, 4) is 22.6 Å². The van der Waals surface area contributed by atoms with Crippen LogP contribution in [0.25, 0.3) is 11.1 Å². The molecule has 4 aromatic rings. The van der Waals surface area contributed by atoms with Crippen molar-refractivity contribution in [2.24, 2.45) is 0 Å². The molecule has 5 nitrogen and oxygen atoms in total. The molecule has 40 heavy (non-hydrogen) atoms. The van der Waals surface area contributed by atoms with Crippen molar-refractivity contribution in [2.45, 2.75) is 25.2 Å². The Morgan fingerprint density at radius 3 is 1.55 bits per heavy atom. The highest BCUT2D eigenvalue weighted by molar-refractivity contribution is 5.86. The Bertz CT molecular complexity index is 1300. The Kier molecular flexibility index (Phi) is 9.50. The summed E-state index contributed by atoms with van der Waals surface area (Å²) in [5.74, 6) is 1.70. The van der Waals surface area contributed by atoms with Gasteiger partial charge in [0.1, 0.15) is 18.1 Å². The van der Waals surface area contributed by atoms with E-state index in [4.69, 9.17) is 24.1 Å². The van der Waals surface area contributed by atoms with Gasteiger partial charge in [-0.25, -0.2) is 0 Å². The molecule has 0 amide bonds. The van der Waals surface area contributed by atoms with E-state index in [9.17, 15) is 0 Å². The minimum absolute atomic E-state index is 0.0241. The molecule has 0 spiro atoms. The van der Waals surface area contributed by atoms with Crippen molar-refractivity contribution < 1.29 is 24.1 Å². The molecule has 0 radical (unpaired) electrons. The summed E-state index contributed by atoms with van der Waals surface area (Å²) >= 11 is 0. The van der Waals surface area contributed by atoms with Gasteiger partial charge in [-0.3, -0.25) is 0 Å². The fraction of sp³-hybridized carbons (Fsp3) is 0.314. The number of aliphatic hydroxyl groups is 1. The number of fused-ring (bicyclic) bond motifs is 3. The second-order valence-corrected chi connectivity index (χ2v) is 9.89. The molecule has 208 valence electrons. The summed E-state index contributed by atoms with van der Waals surface area (Å²) in [6.45, 7) is 5.13. The number of unbranched alkanes of at least 4 members (excludes halogenated alkanes) is 1. The molecule has 0 heterocycles. The number of ether oxygens (including phenoxy) is 4. The molecule has 5 heteroatoms. The van der Waals surface area contributed by atoms with Crippen molar-refractivity contribution in [1.82, 2.24) is 0 Å². The van der Waals surface area contributed by atoms with E-state index in [1.807, 2.05) is 12.1 Å². The van der Waals surface area contributed by atoms with Crippen molar-refractivity contribution in [2.75, 3.05) is 46.2 Å². The Labute approximate surface area is 237 Å². The quantitative estimate of drug-likeness (QED) is 0.152. The van der Waals surface area contributed by atoms with E-state index in [1.54, 1.807) is 0 Å². The molecule has 0 bridgehead atoms. The minimum Gasteiger partial charge on any atom is -0.494 e. The maximum absolute atomic E-state index is 8.76. The van der Waals surface area contributed by atoms with Gasteiger partial charge in [0.2, 0.25) is 0 Å². The van der Waals surface area contributed by atoms with E-state index in [1.165, 1.54) is 33.4 Å². The highest BCUT2D eigenvalue weighted by Gasteiger charge is 2.45. The van der Waals surface area contributed by atoms with Gasteiger partial charge >= 0.3 is 0 Å². The average molecular weight is 539 g/mol. The van der Waals surface area contributed by atoms with Gasteiger partial charge in [0, 0.05) is 0 Å². The van der Waals surface area contributed by atoms with Crippen LogP contribution in [0.5, 0.6) is 11.5 Å². The zero-order chi connectivity index (χ0) is 27.6. The number of benzene rings is 4. The monoisotopic (exact) mass is 538 g/mol. The maximum atomic E-state index is 8.76. The van der Waals surface area contributed by atoms with Gasteiger partial charge in [-0.05, 0) is 64.1 Å². The highest BCUT2D eigenvalue weighted by Crippen LogP contribution is 2.56. The second-order valence-electron chi connectivity index (χ2n) is 9.89. The number of rotatable bonds is 15. The lowest BCUT2D eigenvalue weighted by Gasteiger charge is -2.34. The standard InChI is InChI=1S/C35H38O5/c1-2-3-21-39-29-16-12-27(13-17-29)35(33-10-6-4-8-31(33)32-9-5-7-11-34(32)35)28-14-18-30(19-15-28)40-26-25-38-24-23-37-22-20-36/h4-19,36H,2-3,20-26H2,1H3. The van der Waals surface area contributed by atoms with E-state index in [-0.39, 0.29) is 6.61 Å². The Morgan fingerprint density at radius 2 is 1.02 bits per heavy atom. The van der Waals surface area contributed by atoms with Crippen LogP contribution in [0.1, 0.15) is 42.0 Å². The Hall–Kier alpha value is -3.64. The molecule has 0 aromatic heterocycles. The molecule has 1 aliphatic rings. The van der Waals surface area contributed by atoms with Crippen LogP contribution >= 0.6 is 0 Å². The van der Waals surface area contributed by atoms with Crippen molar-refractivity contribution in [3.05, 3.63) is 119 Å². The van der Waals surface area contributed by atoms with Gasteiger partial charge in [-0.1, -0.05) is 86.1 Å².